The smallest absolute Gasteiger partial charge is 0.331 e. The van der Waals surface area contributed by atoms with Gasteiger partial charge in [-0.25, -0.2) is 9.59 Å². The number of urea groups is 1. The molecule has 0 aromatic carbocycles. The molecule has 1 aromatic heterocycles. The van der Waals surface area contributed by atoms with Crippen LogP contribution in [-0.4, -0.2) is 59.8 Å². The second kappa shape index (κ2) is 6.03. The van der Waals surface area contributed by atoms with E-state index in [1.807, 2.05) is 11.4 Å². The summed E-state index contributed by atoms with van der Waals surface area (Å²) in [5, 5.41) is 11.4. The third-order valence-electron chi connectivity index (χ3n) is 3.94. The lowest BCUT2D eigenvalue weighted by Gasteiger charge is -2.36. The number of fused-ring (bicyclic) bond motifs is 1. The number of nitrogens with zero attached hydrogens (tertiary/aromatic N) is 2. The Hall–Kier alpha value is -1.60. The Bertz CT molecular complexity index is 537. The number of carbonyl (C=O) groups excluding carboxylic acids is 1. The van der Waals surface area contributed by atoms with Crippen LogP contribution in [0.4, 0.5) is 4.79 Å². The summed E-state index contributed by atoms with van der Waals surface area (Å²) in [5.74, 6) is -0.964. The van der Waals surface area contributed by atoms with E-state index in [9.17, 15) is 14.7 Å². The zero-order valence-electron chi connectivity index (χ0n) is 11.7. The van der Waals surface area contributed by atoms with Gasteiger partial charge in [-0.05, 0) is 29.9 Å². The summed E-state index contributed by atoms with van der Waals surface area (Å²) < 4.78 is 5.35. The number of carboxylic acid groups (broad SMARTS) is 1. The number of carbonyl (C=O) groups is 2. The molecule has 3 heterocycles. The van der Waals surface area contributed by atoms with E-state index < -0.39 is 12.0 Å². The minimum atomic E-state index is -0.964. The van der Waals surface area contributed by atoms with E-state index in [1.165, 1.54) is 4.90 Å². The Labute approximate surface area is 126 Å². The van der Waals surface area contributed by atoms with Crippen molar-refractivity contribution >= 4 is 23.3 Å². The Kier molecular flexibility index (Phi) is 4.12. The van der Waals surface area contributed by atoms with Gasteiger partial charge in [-0.15, -0.1) is 11.3 Å². The second-order valence-electron chi connectivity index (χ2n) is 5.22. The number of amides is 2. The van der Waals surface area contributed by atoms with E-state index in [4.69, 9.17) is 4.74 Å². The Morgan fingerprint density at radius 3 is 2.95 bits per heavy atom. The molecule has 0 aliphatic carbocycles. The van der Waals surface area contributed by atoms with Crippen molar-refractivity contribution in [1.82, 2.24) is 9.80 Å². The van der Waals surface area contributed by atoms with Gasteiger partial charge in [0.1, 0.15) is 0 Å². The zero-order chi connectivity index (χ0) is 14.8. The normalized spacial score (nSPS) is 22.6. The first kappa shape index (κ1) is 14.3. The fourth-order valence-corrected chi connectivity index (χ4v) is 3.81. The van der Waals surface area contributed by atoms with Crippen LogP contribution in [0.5, 0.6) is 0 Å². The molecule has 1 saturated heterocycles. The van der Waals surface area contributed by atoms with Crippen molar-refractivity contribution in [3.05, 3.63) is 21.9 Å². The van der Waals surface area contributed by atoms with Gasteiger partial charge in [0.25, 0.3) is 0 Å². The minimum absolute atomic E-state index is 0.190. The predicted octanol–water partition coefficient (Wildman–Crippen LogP) is 1.57. The van der Waals surface area contributed by atoms with Gasteiger partial charge in [0.15, 0.2) is 6.04 Å². The number of ether oxygens (including phenoxy) is 1. The van der Waals surface area contributed by atoms with E-state index in [0.717, 1.165) is 23.3 Å². The van der Waals surface area contributed by atoms with E-state index >= 15 is 0 Å². The third-order valence-corrected chi connectivity index (χ3v) is 4.93. The van der Waals surface area contributed by atoms with Crippen LogP contribution < -0.4 is 0 Å². The molecule has 2 amide bonds. The summed E-state index contributed by atoms with van der Waals surface area (Å²) in [4.78, 5) is 28.6. The monoisotopic (exact) mass is 310 g/mol. The average molecular weight is 310 g/mol. The molecular formula is C14H18N2O4S. The molecule has 21 heavy (non-hydrogen) atoms. The Morgan fingerprint density at radius 2 is 2.14 bits per heavy atom. The van der Waals surface area contributed by atoms with E-state index in [2.05, 4.69) is 0 Å². The van der Waals surface area contributed by atoms with Gasteiger partial charge in [0.05, 0.1) is 6.61 Å². The van der Waals surface area contributed by atoms with Crippen molar-refractivity contribution in [1.29, 1.82) is 0 Å². The molecule has 6 nitrogen and oxygen atoms in total. The first-order valence-electron chi connectivity index (χ1n) is 7.11. The van der Waals surface area contributed by atoms with Gasteiger partial charge in [-0.2, -0.15) is 0 Å². The van der Waals surface area contributed by atoms with Crippen molar-refractivity contribution in [2.75, 3.05) is 32.8 Å². The van der Waals surface area contributed by atoms with Crippen molar-refractivity contribution < 1.29 is 19.4 Å². The van der Waals surface area contributed by atoms with Crippen LogP contribution in [0.3, 0.4) is 0 Å². The molecule has 1 atom stereocenters. The molecule has 0 radical (unpaired) electrons. The summed E-state index contributed by atoms with van der Waals surface area (Å²) in [6.07, 6.45) is 1.52. The highest BCUT2D eigenvalue weighted by Crippen LogP contribution is 2.34. The number of thiophene rings is 1. The molecule has 1 unspecified atom stereocenters. The van der Waals surface area contributed by atoms with E-state index in [0.29, 0.717) is 32.8 Å². The van der Waals surface area contributed by atoms with Crippen molar-refractivity contribution in [2.24, 2.45) is 0 Å². The fourth-order valence-electron chi connectivity index (χ4n) is 2.91. The summed E-state index contributed by atoms with van der Waals surface area (Å²) in [6, 6.07) is 0.769. The molecule has 0 saturated carbocycles. The Balaban J connectivity index is 1.83. The molecule has 2 aliphatic heterocycles. The van der Waals surface area contributed by atoms with Gasteiger partial charge in [0.2, 0.25) is 0 Å². The molecule has 1 fully saturated rings. The summed E-state index contributed by atoms with van der Waals surface area (Å²) in [5.41, 5.74) is 0.762. The van der Waals surface area contributed by atoms with Crippen LogP contribution in [0.2, 0.25) is 0 Å². The molecule has 2 aliphatic rings. The van der Waals surface area contributed by atoms with Crippen LogP contribution in [0, 0.1) is 0 Å². The molecule has 0 spiro atoms. The maximum Gasteiger partial charge on any atom is 0.331 e. The largest absolute Gasteiger partial charge is 0.479 e. The topological polar surface area (TPSA) is 70.1 Å². The van der Waals surface area contributed by atoms with Gasteiger partial charge in [-0.3, -0.25) is 0 Å². The molecule has 114 valence electrons. The maximum atomic E-state index is 12.7. The van der Waals surface area contributed by atoms with Gasteiger partial charge in [0, 0.05) is 31.1 Å². The molecule has 1 N–H and O–H groups in total. The average Bonchev–Trinajstić information content (AvgIpc) is 2.78. The fraction of sp³-hybridized carbons (Fsp3) is 0.571. The van der Waals surface area contributed by atoms with Crippen LogP contribution in [0.25, 0.3) is 0 Å². The van der Waals surface area contributed by atoms with E-state index in [1.54, 1.807) is 16.2 Å². The van der Waals surface area contributed by atoms with Crippen LogP contribution in [0.1, 0.15) is 22.9 Å². The van der Waals surface area contributed by atoms with E-state index in [-0.39, 0.29) is 6.03 Å². The number of aliphatic carboxylic acids is 1. The zero-order valence-corrected chi connectivity index (χ0v) is 12.5. The van der Waals surface area contributed by atoms with Gasteiger partial charge in [-0.1, -0.05) is 0 Å². The highest BCUT2D eigenvalue weighted by atomic mass is 32.1. The first-order chi connectivity index (χ1) is 10.2. The standard InChI is InChI=1S/C14H18N2O4S/c17-13(18)12-10-3-9-21-11(10)2-5-16(12)14(19)15-4-1-7-20-8-6-15/h3,9,12H,1-2,4-8H2,(H,17,18). The van der Waals surface area contributed by atoms with Crippen molar-refractivity contribution in [3.8, 4) is 0 Å². The highest BCUT2D eigenvalue weighted by Gasteiger charge is 2.38. The molecule has 0 bridgehead atoms. The lowest BCUT2D eigenvalue weighted by atomic mass is 10.0. The summed E-state index contributed by atoms with van der Waals surface area (Å²) >= 11 is 1.56. The van der Waals surface area contributed by atoms with Crippen LogP contribution >= 0.6 is 11.3 Å². The molecular weight excluding hydrogens is 292 g/mol. The van der Waals surface area contributed by atoms with Gasteiger partial charge < -0.3 is 19.6 Å². The first-order valence-corrected chi connectivity index (χ1v) is 7.99. The number of carboxylic acids is 1. The van der Waals surface area contributed by atoms with Crippen molar-refractivity contribution in [3.63, 3.8) is 0 Å². The number of hydrogen-bond donors (Lipinski definition) is 1. The second-order valence-corrected chi connectivity index (χ2v) is 6.22. The molecule has 3 rings (SSSR count). The Morgan fingerprint density at radius 1 is 1.29 bits per heavy atom. The quantitative estimate of drug-likeness (QED) is 0.855. The molecule has 7 heteroatoms. The highest BCUT2D eigenvalue weighted by molar-refractivity contribution is 7.10. The summed E-state index contributed by atoms with van der Waals surface area (Å²) in [7, 11) is 0. The lowest BCUT2D eigenvalue weighted by Crippen LogP contribution is -2.50. The third kappa shape index (κ3) is 2.75. The number of rotatable bonds is 1. The van der Waals surface area contributed by atoms with Crippen molar-refractivity contribution in [2.45, 2.75) is 18.9 Å². The predicted molar refractivity (Wildman–Crippen MR) is 77.5 cm³/mol. The lowest BCUT2D eigenvalue weighted by molar-refractivity contribution is -0.143. The maximum absolute atomic E-state index is 12.7. The van der Waals surface area contributed by atoms with Gasteiger partial charge >= 0.3 is 12.0 Å². The minimum Gasteiger partial charge on any atom is -0.479 e. The van der Waals surface area contributed by atoms with Crippen LogP contribution in [0.15, 0.2) is 11.4 Å². The van der Waals surface area contributed by atoms with Crippen LogP contribution in [-0.2, 0) is 16.0 Å². The SMILES string of the molecule is O=C(O)C1c2ccsc2CCN1C(=O)N1CCCOCC1. The summed E-state index contributed by atoms with van der Waals surface area (Å²) in [6.45, 7) is 2.78. The molecule has 1 aromatic rings. The number of hydrogen-bond acceptors (Lipinski definition) is 4.